The highest BCUT2D eigenvalue weighted by Crippen LogP contribution is 2.36. The van der Waals surface area contributed by atoms with Gasteiger partial charge in [-0.1, -0.05) is 35.6 Å². The first-order valence-corrected chi connectivity index (χ1v) is 10.3. The van der Waals surface area contributed by atoms with Crippen LogP contribution in [0.1, 0.15) is 40.7 Å². The Kier molecular flexibility index (Phi) is 5.07. The molecule has 0 spiro atoms. The van der Waals surface area contributed by atoms with Crippen LogP contribution in [0.2, 0.25) is 0 Å². The lowest BCUT2D eigenvalue weighted by Crippen LogP contribution is -3.13. The molecule has 0 amide bonds. The molecule has 8 heteroatoms. The Morgan fingerprint density at radius 3 is 2.68 bits per heavy atom. The predicted octanol–water partition coefficient (Wildman–Crippen LogP) is 1.67. The summed E-state index contributed by atoms with van der Waals surface area (Å²) in [6.45, 7) is 5.59. The van der Waals surface area contributed by atoms with Gasteiger partial charge in [-0.2, -0.15) is 4.52 Å². The number of quaternary nitrogens is 1. The SMILES string of the molecule is COC(=O)C1CC[NH+]([C@H](c2ccccc2C)c2sc3nc(C)nn3c2O)CC1. The molecule has 148 valence electrons. The van der Waals surface area contributed by atoms with E-state index in [0.717, 1.165) is 30.8 Å². The zero-order valence-corrected chi connectivity index (χ0v) is 17.1. The minimum Gasteiger partial charge on any atom is -0.492 e. The quantitative estimate of drug-likeness (QED) is 0.650. The highest BCUT2D eigenvalue weighted by Gasteiger charge is 2.37. The molecule has 1 aliphatic heterocycles. The Morgan fingerprint density at radius 1 is 1.32 bits per heavy atom. The molecule has 0 saturated carbocycles. The van der Waals surface area contributed by atoms with Crippen LogP contribution in [-0.2, 0) is 9.53 Å². The Balaban J connectivity index is 1.73. The number of carbonyl (C=O) groups excluding carboxylic acids is 1. The van der Waals surface area contributed by atoms with Gasteiger partial charge in [-0.05, 0) is 19.4 Å². The van der Waals surface area contributed by atoms with E-state index in [1.807, 2.05) is 19.1 Å². The molecule has 4 rings (SSSR count). The Hall–Kier alpha value is -2.45. The molecule has 3 heterocycles. The molecule has 1 aromatic carbocycles. The van der Waals surface area contributed by atoms with Crippen molar-refractivity contribution in [3.8, 4) is 5.88 Å². The van der Waals surface area contributed by atoms with Crippen molar-refractivity contribution in [2.24, 2.45) is 5.92 Å². The van der Waals surface area contributed by atoms with Crippen LogP contribution in [0.5, 0.6) is 5.88 Å². The first-order chi connectivity index (χ1) is 13.5. The number of rotatable bonds is 4. The summed E-state index contributed by atoms with van der Waals surface area (Å²) in [6, 6.07) is 8.27. The van der Waals surface area contributed by atoms with Crippen LogP contribution >= 0.6 is 11.3 Å². The maximum Gasteiger partial charge on any atom is 0.309 e. The number of thiazole rings is 1. The second kappa shape index (κ2) is 7.52. The number of ether oxygens (including phenoxy) is 1. The number of nitrogens with zero attached hydrogens (tertiary/aromatic N) is 3. The highest BCUT2D eigenvalue weighted by atomic mass is 32.1. The number of hydrogen-bond acceptors (Lipinski definition) is 6. The van der Waals surface area contributed by atoms with Crippen LogP contribution in [0.4, 0.5) is 0 Å². The number of aromatic hydroxyl groups is 1. The molecule has 1 saturated heterocycles. The van der Waals surface area contributed by atoms with Crippen molar-refractivity contribution in [1.82, 2.24) is 14.6 Å². The second-order valence-electron chi connectivity index (χ2n) is 7.39. The predicted molar refractivity (Wildman–Crippen MR) is 106 cm³/mol. The standard InChI is InChI=1S/C20H24N4O3S/c1-12-6-4-5-7-15(12)16(23-10-8-14(9-11-23)19(26)27-3)17-18(25)24-20(28-17)21-13(2)22-24/h4-7,14,16,25H,8-11H2,1-3H3/p+1/t16-/m1/s1. The van der Waals surface area contributed by atoms with Gasteiger partial charge in [0.1, 0.15) is 10.7 Å². The highest BCUT2D eigenvalue weighted by molar-refractivity contribution is 7.17. The zero-order valence-electron chi connectivity index (χ0n) is 16.3. The number of nitrogens with one attached hydrogen (secondary N) is 1. The van der Waals surface area contributed by atoms with E-state index in [2.05, 4.69) is 29.1 Å². The van der Waals surface area contributed by atoms with Gasteiger partial charge in [0, 0.05) is 18.4 Å². The lowest BCUT2D eigenvalue weighted by Gasteiger charge is -2.34. The maximum absolute atomic E-state index is 11.9. The van der Waals surface area contributed by atoms with Gasteiger partial charge in [0.05, 0.1) is 26.1 Å². The molecule has 2 N–H and O–H groups in total. The zero-order chi connectivity index (χ0) is 19.8. The normalized spacial score (nSPS) is 21.0. The molecule has 1 fully saturated rings. The number of likely N-dealkylation sites (tertiary alicyclic amines) is 1. The molecule has 28 heavy (non-hydrogen) atoms. The number of piperidine rings is 1. The van der Waals surface area contributed by atoms with Gasteiger partial charge in [-0.25, -0.2) is 4.98 Å². The lowest BCUT2D eigenvalue weighted by molar-refractivity contribution is -0.930. The lowest BCUT2D eigenvalue weighted by atomic mass is 9.92. The number of methoxy groups -OCH3 is 1. The first kappa shape index (κ1) is 18.9. The smallest absolute Gasteiger partial charge is 0.309 e. The molecule has 3 aromatic rings. The van der Waals surface area contributed by atoms with Crippen LogP contribution in [0.15, 0.2) is 24.3 Å². The third-order valence-corrected chi connectivity index (χ3v) is 6.72. The summed E-state index contributed by atoms with van der Waals surface area (Å²) in [4.78, 5) is 19.3. The van der Waals surface area contributed by atoms with E-state index >= 15 is 0 Å². The van der Waals surface area contributed by atoms with E-state index in [1.165, 1.54) is 39.0 Å². The molecule has 0 aliphatic carbocycles. The van der Waals surface area contributed by atoms with Crippen LogP contribution in [0.25, 0.3) is 4.96 Å². The van der Waals surface area contributed by atoms with Gasteiger partial charge in [-0.15, -0.1) is 5.10 Å². The van der Waals surface area contributed by atoms with E-state index in [1.54, 1.807) is 0 Å². The number of aryl methyl sites for hydroxylation is 2. The molecule has 0 unspecified atom stereocenters. The van der Waals surface area contributed by atoms with Gasteiger partial charge in [0.2, 0.25) is 10.8 Å². The molecular weight excluding hydrogens is 376 g/mol. The summed E-state index contributed by atoms with van der Waals surface area (Å²) in [5.74, 6) is 0.650. The molecule has 0 radical (unpaired) electrons. The van der Waals surface area contributed by atoms with Gasteiger partial charge >= 0.3 is 5.97 Å². The molecule has 2 aromatic heterocycles. The molecule has 0 bridgehead atoms. The third-order valence-electron chi connectivity index (χ3n) is 5.64. The van der Waals surface area contributed by atoms with Crippen molar-refractivity contribution in [1.29, 1.82) is 0 Å². The average molecular weight is 402 g/mol. The molecule has 1 atom stereocenters. The third kappa shape index (κ3) is 3.27. The van der Waals surface area contributed by atoms with E-state index < -0.39 is 0 Å². The fraction of sp³-hybridized carbons (Fsp3) is 0.450. The summed E-state index contributed by atoms with van der Waals surface area (Å²) in [7, 11) is 1.45. The van der Waals surface area contributed by atoms with Crippen LogP contribution < -0.4 is 4.90 Å². The topological polar surface area (TPSA) is 81.2 Å². The van der Waals surface area contributed by atoms with Crippen molar-refractivity contribution in [3.05, 3.63) is 46.1 Å². The fourth-order valence-electron chi connectivity index (χ4n) is 4.17. The Morgan fingerprint density at radius 2 is 2.04 bits per heavy atom. The molecule has 1 aliphatic rings. The van der Waals surface area contributed by atoms with E-state index in [-0.39, 0.29) is 23.8 Å². The maximum atomic E-state index is 11.9. The Bertz CT molecular complexity index is 1000. The number of esters is 1. The van der Waals surface area contributed by atoms with Gasteiger partial charge in [-0.3, -0.25) is 4.79 Å². The van der Waals surface area contributed by atoms with Gasteiger partial charge in [0.25, 0.3) is 0 Å². The van der Waals surface area contributed by atoms with Crippen molar-refractivity contribution in [2.75, 3.05) is 20.2 Å². The second-order valence-corrected chi connectivity index (χ2v) is 8.40. The van der Waals surface area contributed by atoms with E-state index in [4.69, 9.17) is 4.74 Å². The largest absolute Gasteiger partial charge is 0.492 e. The van der Waals surface area contributed by atoms with Crippen molar-refractivity contribution in [2.45, 2.75) is 32.7 Å². The summed E-state index contributed by atoms with van der Waals surface area (Å²) in [5.41, 5.74) is 2.37. The number of hydrogen-bond donors (Lipinski definition) is 2. The molecular formula is C20H25N4O3S+. The summed E-state index contributed by atoms with van der Waals surface area (Å²) in [5, 5.41) is 15.2. The summed E-state index contributed by atoms with van der Waals surface area (Å²) < 4.78 is 6.46. The Labute approximate surface area is 167 Å². The fourth-order valence-corrected chi connectivity index (χ4v) is 5.35. The van der Waals surface area contributed by atoms with Crippen LogP contribution in [0.3, 0.4) is 0 Å². The summed E-state index contributed by atoms with van der Waals surface area (Å²) in [6.07, 6.45) is 1.57. The van der Waals surface area contributed by atoms with Gasteiger partial charge < -0.3 is 14.7 Å². The number of aromatic nitrogens is 3. The van der Waals surface area contributed by atoms with Gasteiger partial charge in [0.15, 0.2) is 6.04 Å². The monoisotopic (exact) mass is 401 g/mol. The summed E-state index contributed by atoms with van der Waals surface area (Å²) >= 11 is 1.49. The minimum absolute atomic E-state index is 0.0198. The van der Waals surface area contributed by atoms with Crippen molar-refractivity contribution < 1.29 is 19.5 Å². The van der Waals surface area contributed by atoms with Crippen LogP contribution in [0, 0.1) is 19.8 Å². The molecule has 7 nitrogen and oxygen atoms in total. The number of fused-ring (bicyclic) bond motifs is 1. The van der Waals surface area contributed by atoms with Crippen LogP contribution in [-0.4, -0.2) is 45.9 Å². The minimum atomic E-state index is -0.122. The van der Waals surface area contributed by atoms with Crippen molar-refractivity contribution >= 4 is 22.3 Å². The first-order valence-electron chi connectivity index (χ1n) is 9.52. The number of carbonyl (C=O) groups is 1. The number of benzene rings is 1. The van der Waals surface area contributed by atoms with Crippen molar-refractivity contribution in [3.63, 3.8) is 0 Å². The van der Waals surface area contributed by atoms with E-state index in [0.29, 0.717) is 10.8 Å². The average Bonchev–Trinajstić information content (AvgIpc) is 3.21. The van der Waals surface area contributed by atoms with E-state index in [9.17, 15) is 9.90 Å².